The molecule has 0 bridgehead atoms. The highest BCUT2D eigenvalue weighted by Gasteiger charge is 2.19. The number of urea groups is 1. The molecule has 2 aromatic rings. The maximum atomic E-state index is 12.4. The van der Waals surface area contributed by atoms with Crippen LogP contribution in [0.5, 0.6) is 5.75 Å². The average Bonchev–Trinajstić information content (AvgIpc) is 2.76. The van der Waals surface area contributed by atoms with Gasteiger partial charge in [0.1, 0.15) is 5.75 Å². The van der Waals surface area contributed by atoms with Gasteiger partial charge in [0.05, 0.1) is 6.10 Å². The molecule has 6 heteroatoms. The Balaban J connectivity index is 1.31. The van der Waals surface area contributed by atoms with Crippen LogP contribution in [0.4, 0.5) is 10.6 Å². The van der Waals surface area contributed by atoms with Crippen molar-refractivity contribution in [3.05, 3.63) is 53.7 Å². The van der Waals surface area contributed by atoms with Gasteiger partial charge in [-0.15, -0.1) is 5.10 Å². The summed E-state index contributed by atoms with van der Waals surface area (Å²) in [6, 6.07) is 11.7. The molecule has 29 heavy (non-hydrogen) atoms. The second-order valence-electron chi connectivity index (χ2n) is 7.78. The lowest BCUT2D eigenvalue weighted by atomic mass is 9.97. The number of carbonyl (C=O) groups is 1. The Labute approximate surface area is 172 Å². The van der Waals surface area contributed by atoms with Crippen molar-refractivity contribution in [2.24, 2.45) is 0 Å². The number of anilines is 1. The molecule has 1 aromatic heterocycles. The summed E-state index contributed by atoms with van der Waals surface area (Å²) >= 11 is 0. The first-order valence-corrected chi connectivity index (χ1v) is 10.6. The highest BCUT2D eigenvalue weighted by molar-refractivity contribution is 5.88. The van der Waals surface area contributed by atoms with Crippen LogP contribution in [0.2, 0.25) is 0 Å². The van der Waals surface area contributed by atoms with E-state index in [1.807, 2.05) is 4.90 Å². The maximum absolute atomic E-state index is 12.4. The van der Waals surface area contributed by atoms with E-state index in [2.05, 4.69) is 45.9 Å². The molecule has 1 saturated heterocycles. The first-order chi connectivity index (χ1) is 14.3. The molecule has 0 atom stereocenters. The van der Waals surface area contributed by atoms with Crippen molar-refractivity contribution in [2.45, 2.75) is 51.0 Å². The van der Waals surface area contributed by atoms with Crippen molar-refractivity contribution < 1.29 is 9.53 Å². The minimum absolute atomic E-state index is 0.118. The highest BCUT2D eigenvalue weighted by Crippen LogP contribution is 2.26. The van der Waals surface area contributed by atoms with Gasteiger partial charge < -0.3 is 9.64 Å². The molecule has 0 radical (unpaired) electrons. The number of nitrogens with zero attached hydrogens (tertiary/aromatic N) is 3. The number of benzene rings is 1. The Kier molecular flexibility index (Phi) is 6.39. The lowest BCUT2D eigenvalue weighted by molar-refractivity contribution is 0.155. The molecule has 1 aliphatic carbocycles. The topological polar surface area (TPSA) is 67.4 Å². The van der Waals surface area contributed by atoms with Gasteiger partial charge in [0.25, 0.3) is 0 Å². The van der Waals surface area contributed by atoms with Gasteiger partial charge in [-0.2, -0.15) is 5.10 Å². The standard InChI is InChI=1S/C23H28N4O2/c28-23(25-22-10-5-13-24-26-22)27-14-11-18(12-15-27)16-19-6-4-9-21(17-19)29-20-7-2-1-3-8-20/h4-6,9-10,13,16-17,20H,1-3,7-8,11-12,14-15H2,(H,25,26,28). The van der Waals surface area contributed by atoms with Gasteiger partial charge in [-0.3, -0.25) is 5.32 Å². The van der Waals surface area contributed by atoms with E-state index in [4.69, 9.17) is 4.74 Å². The molecule has 152 valence electrons. The zero-order valence-corrected chi connectivity index (χ0v) is 16.7. The molecule has 1 aromatic carbocycles. The first-order valence-electron chi connectivity index (χ1n) is 10.6. The normalized spacial score (nSPS) is 17.7. The van der Waals surface area contributed by atoms with Gasteiger partial charge in [-0.1, -0.05) is 30.2 Å². The minimum Gasteiger partial charge on any atom is -0.490 e. The molecule has 6 nitrogen and oxygen atoms in total. The number of hydrogen-bond donors (Lipinski definition) is 1. The van der Waals surface area contributed by atoms with Gasteiger partial charge in [0, 0.05) is 19.3 Å². The number of ether oxygens (including phenoxy) is 1. The molecule has 0 unspecified atom stereocenters. The second-order valence-corrected chi connectivity index (χ2v) is 7.78. The molecule has 0 spiro atoms. The van der Waals surface area contributed by atoms with E-state index in [-0.39, 0.29) is 6.03 Å². The third-order valence-corrected chi connectivity index (χ3v) is 5.58. The predicted octanol–water partition coefficient (Wildman–Crippen LogP) is 4.90. The average molecular weight is 393 g/mol. The summed E-state index contributed by atoms with van der Waals surface area (Å²) in [5.41, 5.74) is 2.54. The molecule has 2 amide bonds. The van der Waals surface area contributed by atoms with Crippen LogP contribution < -0.4 is 10.1 Å². The van der Waals surface area contributed by atoms with E-state index in [0.717, 1.165) is 31.4 Å². The molecule has 4 rings (SSSR count). The van der Waals surface area contributed by atoms with Gasteiger partial charge in [0.15, 0.2) is 5.82 Å². The smallest absolute Gasteiger partial charge is 0.323 e. The van der Waals surface area contributed by atoms with E-state index < -0.39 is 0 Å². The van der Waals surface area contributed by atoms with Crippen molar-refractivity contribution in [1.29, 1.82) is 0 Å². The molecular weight excluding hydrogens is 364 g/mol. The summed E-state index contributed by atoms with van der Waals surface area (Å²) in [4.78, 5) is 14.2. The fraction of sp³-hybridized carbons (Fsp3) is 0.435. The summed E-state index contributed by atoms with van der Waals surface area (Å²) in [5, 5.41) is 10.5. The number of amides is 2. The number of hydrogen-bond acceptors (Lipinski definition) is 4. The van der Waals surface area contributed by atoms with Crippen LogP contribution in [0.1, 0.15) is 50.5 Å². The SMILES string of the molecule is O=C(Nc1cccnn1)N1CCC(=Cc2cccc(OC3CCCCC3)c2)CC1. The Morgan fingerprint density at radius 2 is 1.93 bits per heavy atom. The van der Waals surface area contributed by atoms with Crippen molar-refractivity contribution in [1.82, 2.24) is 15.1 Å². The zero-order valence-electron chi connectivity index (χ0n) is 16.7. The van der Waals surface area contributed by atoms with Crippen LogP contribution >= 0.6 is 0 Å². The largest absolute Gasteiger partial charge is 0.490 e. The number of aromatic nitrogens is 2. The predicted molar refractivity (Wildman–Crippen MR) is 114 cm³/mol. The van der Waals surface area contributed by atoms with Crippen molar-refractivity contribution in [3.63, 3.8) is 0 Å². The summed E-state index contributed by atoms with van der Waals surface area (Å²) in [6.07, 6.45) is 12.2. The van der Waals surface area contributed by atoms with E-state index in [1.165, 1.54) is 30.4 Å². The van der Waals surface area contributed by atoms with Crippen LogP contribution in [0.15, 0.2) is 48.2 Å². The maximum Gasteiger partial charge on any atom is 0.323 e. The monoisotopic (exact) mass is 392 g/mol. The summed E-state index contributed by atoms with van der Waals surface area (Å²) in [6.45, 7) is 1.41. The fourth-order valence-electron chi connectivity index (χ4n) is 3.99. The van der Waals surface area contributed by atoms with Gasteiger partial charge in [0.2, 0.25) is 0 Å². The van der Waals surface area contributed by atoms with Crippen LogP contribution in [-0.2, 0) is 0 Å². The molecule has 2 fully saturated rings. The number of likely N-dealkylation sites (tertiary alicyclic amines) is 1. The Morgan fingerprint density at radius 3 is 2.69 bits per heavy atom. The number of carbonyl (C=O) groups excluding carboxylic acids is 1. The molecule has 1 N–H and O–H groups in total. The number of piperidine rings is 1. The van der Waals surface area contributed by atoms with Gasteiger partial charge in [-0.05, 0) is 68.4 Å². The molecule has 1 aliphatic heterocycles. The van der Waals surface area contributed by atoms with Gasteiger partial charge in [-0.25, -0.2) is 4.79 Å². The van der Waals surface area contributed by atoms with Crippen molar-refractivity contribution in [3.8, 4) is 5.75 Å². The highest BCUT2D eigenvalue weighted by atomic mass is 16.5. The Hall–Kier alpha value is -2.89. The van der Waals surface area contributed by atoms with Crippen LogP contribution in [0.25, 0.3) is 6.08 Å². The second kappa shape index (κ2) is 9.54. The first kappa shape index (κ1) is 19.4. The molecule has 2 aliphatic rings. The van der Waals surface area contributed by atoms with Crippen LogP contribution in [0.3, 0.4) is 0 Å². The zero-order chi connectivity index (χ0) is 19.9. The van der Waals surface area contributed by atoms with E-state index in [1.54, 1.807) is 18.3 Å². The van der Waals surface area contributed by atoms with E-state index in [0.29, 0.717) is 25.0 Å². The molecule has 2 heterocycles. The minimum atomic E-state index is -0.118. The van der Waals surface area contributed by atoms with E-state index >= 15 is 0 Å². The summed E-state index contributed by atoms with van der Waals surface area (Å²) in [7, 11) is 0. The van der Waals surface area contributed by atoms with Crippen molar-refractivity contribution >= 4 is 17.9 Å². The molecular formula is C23H28N4O2. The van der Waals surface area contributed by atoms with Crippen LogP contribution in [0, 0.1) is 0 Å². The lowest BCUT2D eigenvalue weighted by Gasteiger charge is -2.28. The molecule has 1 saturated carbocycles. The number of nitrogens with one attached hydrogen (secondary N) is 1. The Morgan fingerprint density at radius 1 is 1.10 bits per heavy atom. The van der Waals surface area contributed by atoms with E-state index in [9.17, 15) is 4.79 Å². The van der Waals surface area contributed by atoms with Gasteiger partial charge >= 0.3 is 6.03 Å². The quantitative estimate of drug-likeness (QED) is 0.804. The fourth-order valence-corrected chi connectivity index (χ4v) is 3.99. The van der Waals surface area contributed by atoms with Crippen LogP contribution in [-0.4, -0.2) is 40.3 Å². The lowest BCUT2D eigenvalue weighted by Crippen LogP contribution is -2.39. The third-order valence-electron chi connectivity index (χ3n) is 5.58. The van der Waals surface area contributed by atoms with Crippen molar-refractivity contribution in [2.75, 3.05) is 18.4 Å². The third kappa shape index (κ3) is 5.56. The summed E-state index contributed by atoms with van der Waals surface area (Å²) < 4.78 is 6.19. The summed E-state index contributed by atoms with van der Waals surface area (Å²) in [5.74, 6) is 1.45. The Bertz CT molecular complexity index is 837. The number of rotatable bonds is 4.